The van der Waals surface area contributed by atoms with E-state index >= 15 is 0 Å². The van der Waals surface area contributed by atoms with Gasteiger partial charge in [0, 0.05) is 25.5 Å². The van der Waals surface area contributed by atoms with Crippen molar-refractivity contribution in [1.29, 1.82) is 0 Å². The monoisotopic (exact) mass is 359 g/mol. The molecule has 5 nitrogen and oxygen atoms in total. The van der Waals surface area contributed by atoms with E-state index in [1.165, 1.54) is 11.1 Å². The van der Waals surface area contributed by atoms with Gasteiger partial charge in [-0.3, -0.25) is 4.99 Å². The van der Waals surface area contributed by atoms with Crippen LogP contribution in [0.3, 0.4) is 0 Å². The summed E-state index contributed by atoms with van der Waals surface area (Å²) >= 11 is 1.69. The maximum Gasteiger partial charge on any atom is 0.191 e. The van der Waals surface area contributed by atoms with E-state index in [1.807, 2.05) is 0 Å². The van der Waals surface area contributed by atoms with Gasteiger partial charge in [-0.1, -0.05) is 38.1 Å². The molecule has 0 bridgehead atoms. The lowest BCUT2D eigenvalue weighted by Crippen LogP contribution is -2.36. The van der Waals surface area contributed by atoms with Gasteiger partial charge in [0.2, 0.25) is 0 Å². The van der Waals surface area contributed by atoms with E-state index in [1.54, 1.807) is 18.4 Å². The fourth-order valence-electron chi connectivity index (χ4n) is 2.36. The third-order valence-corrected chi connectivity index (χ3v) is 4.64. The van der Waals surface area contributed by atoms with Crippen molar-refractivity contribution in [2.24, 2.45) is 4.99 Å². The van der Waals surface area contributed by atoms with Crippen LogP contribution in [-0.2, 0) is 19.6 Å². The largest absolute Gasteiger partial charge is 0.352 e. The SMILES string of the molecule is CN=C(NCc1ccc(CN(C)C)cc1)NCc1nc(C(C)C)cs1. The Labute approximate surface area is 155 Å². The summed E-state index contributed by atoms with van der Waals surface area (Å²) in [5.74, 6) is 1.26. The van der Waals surface area contributed by atoms with Crippen LogP contribution >= 0.6 is 11.3 Å². The Morgan fingerprint density at radius 1 is 1.12 bits per heavy atom. The van der Waals surface area contributed by atoms with Gasteiger partial charge in [-0.15, -0.1) is 11.3 Å². The number of hydrogen-bond donors (Lipinski definition) is 2. The number of nitrogens with one attached hydrogen (secondary N) is 2. The first-order valence-electron chi connectivity index (χ1n) is 8.59. The summed E-state index contributed by atoms with van der Waals surface area (Å²) in [6.45, 7) is 6.73. The number of guanidine groups is 1. The molecule has 0 amide bonds. The molecule has 1 heterocycles. The molecule has 0 aliphatic carbocycles. The molecule has 136 valence electrons. The molecule has 0 saturated carbocycles. The smallest absolute Gasteiger partial charge is 0.191 e. The predicted molar refractivity (Wildman–Crippen MR) is 107 cm³/mol. The van der Waals surface area contributed by atoms with Gasteiger partial charge in [-0.25, -0.2) is 4.98 Å². The summed E-state index contributed by atoms with van der Waals surface area (Å²) in [5, 5.41) is 9.89. The summed E-state index contributed by atoms with van der Waals surface area (Å²) in [4.78, 5) is 11.1. The maximum absolute atomic E-state index is 4.64. The van der Waals surface area contributed by atoms with Crippen LogP contribution in [0.4, 0.5) is 0 Å². The van der Waals surface area contributed by atoms with Gasteiger partial charge < -0.3 is 15.5 Å². The van der Waals surface area contributed by atoms with E-state index < -0.39 is 0 Å². The number of rotatable bonds is 7. The number of benzene rings is 1. The number of aliphatic imine (C=N–C) groups is 1. The minimum atomic E-state index is 0.470. The average molecular weight is 360 g/mol. The molecule has 0 saturated heterocycles. The second-order valence-corrected chi connectivity index (χ2v) is 7.60. The Hall–Kier alpha value is -1.92. The summed E-state index contributed by atoms with van der Waals surface area (Å²) in [7, 11) is 5.95. The number of thiazole rings is 1. The number of aromatic nitrogens is 1. The van der Waals surface area contributed by atoms with Gasteiger partial charge >= 0.3 is 0 Å². The van der Waals surface area contributed by atoms with E-state index in [4.69, 9.17) is 0 Å². The third kappa shape index (κ3) is 6.48. The summed E-state index contributed by atoms with van der Waals surface area (Å²) in [6, 6.07) is 8.68. The first-order chi connectivity index (χ1) is 12.0. The lowest BCUT2D eigenvalue weighted by atomic mass is 10.1. The van der Waals surface area contributed by atoms with Gasteiger partial charge in [0.1, 0.15) is 5.01 Å². The fourth-order valence-corrected chi connectivity index (χ4v) is 3.26. The maximum atomic E-state index is 4.64. The lowest BCUT2D eigenvalue weighted by molar-refractivity contribution is 0.402. The van der Waals surface area contributed by atoms with Crippen LogP contribution in [0.15, 0.2) is 34.6 Å². The van der Waals surface area contributed by atoms with Crippen LogP contribution < -0.4 is 10.6 Å². The standard InChI is InChI=1S/C19H29N5S/c1-14(2)17-13-25-18(23-17)11-22-19(20-3)21-10-15-6-8-16(9-7-15)12-24(4)5/h6-9,13-14H,10-12H2,1-5H3,(H2,20,21,22). The van der Waals surface area contributed by atoms with Crippen molar-refractivity contribution >= 4 is 17.3 Å². The van der Waals surface area contributed by atoms with Gasteiger partial charge in [0.05, 0.1) is 12.2 Å². The van der Waals surface area contributed by atoms with Crippen molar-refractivity contribution < 1.29 is 0 Å². The molecule has 0 aliphatic rings. The summed E-state index contributed by atoms with van der Waals surface area (Å²) in [6.07, 6.45) is 0. The highest BCUT2D eigenvalue weighted by Crippen LogP contribution is 2.17. The molecule has 2 aromatic rings. The highest BCUT2D eigenvalue weighted by Gasteiger charge is 2.06. The normalized spacial score (nSPS) is 12.0. The molecule has 0 atom stereocenters. The topological polar surface area (TPSA) is 52.6 Å². The minimum Gasteiger partial charge on any atom is -0.352 e. The Morgan fingerprint density at radius 2 is 1.76 bits per heavy atom. The Kier molecular flexibility index (Phi) is 7.40. The van der Waals surface area contributed by atoms with Gasteiger partial charge in [0.25, 0.3) is 0 Å². The quantitative estimate of drug-likeness (QED) is 0.589. The van der Waals surface area contributed by atoms with Crippen LogP contribution in [0.1, 0.15) is 41.6 Å². The van der Waals surface area contributed by atoms with Crippen molar-refractivity contribution in [3.05, 3.63) is 51.5 Å². The highest BCUT2D eigenvalue weighted by atomic mass is 32.1. The molecule has 0 aliphatic heterocycles. The molecule has 25 heavy (non-hydrogen) atoms. The molecular weight excluding hydrogens is 330 g/mol. The Morgan fingerprint density at radius 3 is 2.32 bits per heavy atom. The zero-order chi connectivity index (χ0) is 18.2. The number of nitrogens with zero attached hydrogens (tertiary/aromatic N) is 3. The molecule has 0 fully saturated rings. The molecule has 2 N–H and O–H groups in total. The molecule has 0 unspecified atom stereocenters. The van der Waals surface area contributed by atoms with Crippen molar-refractivity contribution in [1.82, 2.24) is 20.5 Å². The molecule has 2 rings (SSSR count). The van der Waals surface area contributed by atoms with Crippen molar-refractivity contribution in [2.75, 3.05) is 21.1 Å². The van der Waals surface area contributed by atoms with Crippen LogP contribution in [-0.4, -0.2) is 37.0 Å². The van der Waals surface area contributed by atoms with E-state index in [-0.39, 0.29) is 0 Å². The first-order valence-corrected chi connectivity index (χ1v) is 9.47. The fraction of sp³-hybridized carbons (Fsp3) is 0.474. The molecule has 0 spiro atoms. The highest BCUT2D eigenvalue weighted by molar-refractivity contribution is 7.09. The van der Waals surface area contributed by atoms with E-state index in [0.717, 1.165) is 29.8 Å². The van der Waals surface area contributed by atoms with E-state index in [0.29, 0.717) is 12.5 Å². The van der Waals surface area contributed by atoms with Crippen LogP contribution in [0.5, 0.6) is 0 Å². The average Bonchev–Trinajstić information content (AvgIpc) is 3.05. The third-order valence-electron chi connectivity index (χ3n) is 3.77. The van der Waals surface area contributed by atoms with Crippen molar-refractivity contribution in [2.45, 2.75) is 39.4 Å². The Balaban J connectivity index is 1.81. The van der Waals surface area contributed by atoms with Gasteiger partial charge in [0.15, 0.2) is 5.96 Å². The van der Waals surface area contributed by atoms with E-state index in [9.17, 15) is 0 Å². The van der Waals surface area contributed by atoms with Crippen LogP contribution in [0.2, 0.25) is 0 Å². The number of hydrogen-bond acceptors (Lipinski definition) is 4. The molecule has 1 aromatic heterocycles. The van der Waals surface area contributed by atoms with Gasteiger partial charge in [-0.05, 0) is 31.1 Å². The zero-order valence-electron chi connectivity index (χ0n) is 15.8. The molecule has 6 heteroatoms. The lowest BCUT2D eigenvalue weighted by Gasteiger charge is -2.12. The molecular formula is C19H29N5S. The van der Waals surface area contributed by atoms with Crippen LogP contribution in [0, 0.1) is 0 Å². The van der Waals surface area contributed by atoms with E-state index in [2.05, 4.69) is 83.1 Å². The molecule has 0 radical (unpaired) electrons. The summed E-state index contributed by atoms with van der Waals surface area (Å²) in [5.41, 5.74) is 3.71. The predicted octanol–water partition coefficient (Wildman–Crippen LogP) is 3.19. The van der Waals surface area contributed by atoms with Crippen molar-refractivity contribution in [3.8, 4) is 0 Å². The second kappa shape index (κ2) is 9.53. The van der Waals surface area contributed by atoms with Crippen LogP contribution in [0.25, 0.3) is 0 Å². The second-order valence-electron chi connectivity index (χ2n) is 6.65. The van der Waals surface area contributed by atoms with Gasteiger partial charge in [-0.2, -0.15) is 0 Å². The molecule has 1 aromatic carbocycles. The summed E-state index contributed by atoms with van der Waals surface area (Å²) < 4.78 is 0. The minimum absolute atomic E-state index is 0.470. The van der Waals surface area contributed by atoms with Crippen molar-refractivity contribution in [3.63, 3.8) is 0 Å². The first kappa shape index (κ1) is 19.4. The zero-order valence-corrected chi connectivity index (χ0v) is 16.7. The Bertz CT molecular complexity index is 673.